The van der Waals surface area contributed by atoms with Gasteiger partial charge in [0.2, 0.25) is 0 Å². The van der Waals surface area contributed by atoms with Gasteiger partial charge in [-0.05, 0) is 115 Å². The Morgan fingerprint density at radius 2 is 0.968 bits per heavy atom. The SMILES string of the molecule is CC1(C)c2ccccc2-c2ccc(N(c3ccc(-c4ccccc4)cc3)c3ccc(-c4cc5oc6cccc(-c7ccc(-c8ccccc8)nc7)c6c5c5ccccc45)cc3)cc21. The number of hydrogen-bond acceptors (Lipinski definition) is 3. The minimum absolute atomic E-state index is 0.115. The monoisotopic (exact) mass is 806 g/mol. The predicted molar refractivity (Wildman–Crippen MR) is 263 cm³/mol. The van der Waals surface area contributed by atoms with Crippen LogP contribution in [0.1, 0.15) is 25.0 Å². The quantitative estimate of drug-likeness (QED) is 0.161. The summed E-state index contributed by atoms with van der Waals surface area (Å²) in [5, 5.41) is 4.57. The molecule has 0 amide bonds. The summed E-state index contributed by atoms with van der Waals surface area (Å²) in [6.07, 6.45) is 1.98. The standard InChI is InChI=1S/C60H42N2O/c1-60(2)53-22-12-11-19-49(53)50-34-33-46(36-54(50)60)62(44-29-24-40(25-30-44)39-14-5-3-6-15-39)45-31-26-41(27-32-45)52-37-57-59(51-20-10-9-18-48(51)52)58-47(21-13-23-56(58)63-57)43-28-35-55(61-38-43)42-16-7-4-8-17-42/h3-38H,1-2H3. The van der Waals surface area contributed by atoms with Crippen LogP contribution < -0.4 is 4.90 Å². The molecule has 298 valence electrons. The first-order valence-corrected chi connectivity index (χ1v) is 21.7. The van der Waals surface area contributed by atoms with E-state index >= 15 is 0 Å². The molecule has 1 aliphatic carbocycles. The van der Waals surface area contributed by atoms with Crippen LogP contribution in [0.15, 0.2) is 223 Å². The number of rotatable bonds is 7. The summed E-state index contributed by atoms with van der Waals surface area (Å²) in [6.45, 7) is 4.69. The van der Waals surface area contributed by atoms with Crippen molar-refractivity contribution in [1.82, 2.24) is 4.98 Å². The molecule has 0 spiro atoms. The van der Waals surface area contributed by atoms with Crippen molar-refractivity contribution in [3.63, 3.8) is 0 Å². The summed E-state index contributed by atoms with van der Waals surface area (Å²) in [5.41, 5.74) is 19.2. The lowest BCUT2D eigenvalue weighted by atomic mass is 9.82. The summed E-state index contributed by atoms with van der Waals surface area (Å²) in [6, 6.07) is 76.3. The molecular weight excluding hydrogens is 765 g/mol. The number of furan rings is 1. The van der Waals surface area contributed by atoms with Gasteiger partial charge >= 0.3 is 0 Å². The molecule has 0 atom stereocenters. The van der Waals surface area contributed by atoms with Gasteiger partial charge in [-0.1, -0.05) is 172 Å². The Hall–Kier alpha value is -8.01. The fraction of sp³-hybridized carbons (Fsp3) is 0.0500. The van der Waals surface area contributed by atoms with Crippen LogP contribution in [0, 0.1) is 0 Å². The lowest BCUT2D eigenvalue weighted by Gasteiger charge is -2.28. The topological polar surface area (TPSA) is 29.3 Å². The van der Waals surface area contributed by atoms with Crippen LogP contribution in [0.25, 0.3) is 88.5 Å². The second kappa shape index (κ2) is 14.6. The van der Waals surface area contributed by atoms with Gasteiger partial charge in [-0.3, -0.25) is 4.98 Å². The van der Waals surface area contributed by atoms with Gasteiger partial charge in [-0.15, -0.1) is 0 Å². The van der Waals surface area contributed by atoms with Crippen LogP contribution in [-0.2, 0) is 5.41 Å². The van der Waals surface area contributed by atoms with Gasteiger partial charge in [0, 0.05) is 50.6 Å². The maximum Gasteiger partial charge on any atom is 0.136 e. The average Bonchev–Trinajstić information content (AvgIpc) is 3.84. The van der Waals surface area contributed by atoms with Crippen LogP contribution in [-0.4, -0.2) is 4.98 Å². The Labute approximate surface area is 367 Å². The zero-order chi connectivity index (χ0) is 42.1. The van der Waals surface area contributed by atoms with Crippen molar-refractivity contribution in [2.45, 2.75) is 19.3 Å². The van der Waals surface area contributed by atoms with E-state index in [1.54, 1.807) is 0 Å². The van der Waals surface area contributed by atoms with E-state index in [0.717, 1.165) is 77.9 Å². The van der Waals surface area contributed by atoms with Crippen molar-refractivity contribution < 1.29 is 4.42 Å². The van der Waals surface area contributed by atoms with Gasteiger partial charge in [0.05, 0.1) is 5.69 Å². The fourth-order valence-electron chi connectivity index (χ4n) is 10.00. The number of benzene rings is 9. The second-order valence-electron chi connectivity index (χ2n) is 17.1. The molecule has 0 bridgehead atoms. The number of hydrogen-bond donors (Lipinski definition) is 0. The highest BCUT2D eigenvalue weighted by atomic mass is 16.3. The Kier molecular flexibility index (Phi) is 8.52. The van der Waals surface area contributed by atoms with Crippen LogP contribution in [0.5, 0.6) is 0 Å². The van der Waals surface area contributed by atoms with E-state index in [9.17, 15) is 0 Å². The summed E-state index contributed by atoms with van der Waals surface area (Å²) in [5.74, 6) is 0. The van der Waals surface area contributed by atoms with Gasteiger partial charge in [0.15, 0.2) is 0 Å². The van der Waals surface area contributed by atoms with Crippen molar-refractivity contribution >= 4 is 49.8 Å². The zero-order valence-electron chi connectivity index (χ0n) is 35.1. The van der Waals surface area contributed by atoms with Gasteiger partial charge in [0.1, 0.15) is 11.2 Å². The molecule has 0 saturated carbocycles. The van der Waals surface area contributed by atoms with E-state index in [2.05, 4.69) is 213 Å². The molecule has 1 aliphatic rings. The molecule has 2 aromatic heterocycles. The Morgan fingerprint density at radius 1 is 0.381 bits per heavy atom. The van der Waals surface area contributed by atoms with Gasteiger partial charge in [-0.25, -0.2) is 0 Å². The minimum Gasteiger partial charge on any atom is -0.456 e. The summed E-state index contributed by atoms with van der Waals surface area (Å²) in [4.78, 5) is 7.27. The van der Waals surface area contributed by atoms with Crippen molar-refractivity contribution in [3.05, 3.63) is 230 Å². The Bertz CT molecular complexity index is 3490. The fourth-order valence-corrected chi connectivity index (χ4v) is 10.00. The molecule has 12 rings (SSSR count). The first kappa shape index (κ1) is 36.8. The van der Waals surface area contributed by atoms with Crippen LogP contribution in [0.4, 0.5) is 17.1 Å². The lowest BCUT2D eigenvalue weighted by Crippen LogP contribution is -2.16. The van der Waals surface area contributed by atoms with Gasteiger partial charge < -0.3 is 9.32 Å². The van der Waals surface area contributed by atoms with E-state index in [1.165, 1.54) is 38.8 Å². The molecule has 2 heterocycles. The summed E-state index contributed by atoms with van der Waals surface area (Å²) < 4.78 is 6.75. The number of nitrogens with zero attached hydrogens (tertiary/aromatic N) is 2. The summed E-state index contributed by atoms with van der Waals surface area (Å²) >= 11 is 0. The molecule has 11 aromatic rings. The summed E-state index contributed by atoms with van der Waals surface area (Å²) in [7, 11) is 0. The normalized spacial score (nSPS) is 12.7. The van der Waals surface area contributed by atoms with Crippen molar-refractivity contribution in [2.24, 2.45) is 0 Å². The molecular formula is C60H42N2O. The number of pyridine rings is 1. The van der Waals surface area contributed by atoms with Crippen molar-refractivity contribution in [3.8, 4) is 55.8 Å². The maximum atomic E-state index is 6.75. The maximum absolute atomic E-state index is 6.75. The highest BCUT2D eigenvalue weighted by molar-refractivity contribution is 6.25. The van der Waals surface area contributed by atoms with Crippen molar-refractivity contribution in [2.75, 3.05) is 4.90 Å². The lowest BCUT2D eigenvalue weighted by molar-refractivity contribution is 0.660. The van der Waals surface area contributed by atoms with E-state index < -0.39 is 0 Å². The van der Waals surface area contributed by atoms with E-state index in [-0.39, 0.29) is 5.41 Å². The Morgan fingerprint density at radius 3 is 1.70 bits per heavy atom. The number of fused-ring (bicyclic) bond motifs is 8. The third-order valence-electron chi connectivity index (χ3n) is 13.1. The van der Waals surface area contributed by atoms with Crippen LogP contribution >= 0.6 is 0 Å². The largest absolute Gasteiger partial charge is 0.456 e. The Balaban J connectivity index is 0.963. The molecule has 3 heteroatoms. The smallest absolute Gasteiger partial charge is 0.136 e. The third kappa shape index (κ3) is 6.07. The van der Waals surface area contributed by atoms with Crippen LogP contribution in [0.2, 0.25) is 0 Å². The molecule has 0 saturated heterocycles. The molecule has 0 unspecified atom stereocenters. The molecule has 63 heavy (non-hydrogen) atoms. The number of aromatic nitrogens is 1. The van der Waals surface area contributed by atoms with Crippen LogP contribution in [0.3, 0.4) is 0 Å². The van der Waals surface area contributed by atoms with E-state index in [0.29, 0.717) is 0 Å². The highest BCUT2D eigenvalue weighted by Crippen LogP contribution is 2.51. The van der Waals surface area contributed by atoms with Gasteiger partial charge in [0.25, 0.3) is 0 Å². The van der Waals surface area contributed by atoms with Gasteiger partial charge in [-0.2, -0.15) is 0 Å². The van der Waals surface area contributed by atoms with Crippen molar-refractivity contribution in [1.29, 1.82) is 0 Å². The number of anilines is 3. The highest BCUT2D eigenvalue weighted by Gasteiger charge is 2.35. The molecule has 0 fully saturated rings. The first-order valence-electron chi connectivity index (χ1n) is 21.7. The molecule has 0 aliphatic heterocycles. The van der Waals surface area contributed by atoms with E-state index in [4.69, 9.17) is 9.40 Å². The first-order chi connectivity index (χ1) is 31.0. The third-order valence-corrected chi connectivity index (χ3v) is 13.1. The predicted octanol–water partition coefficient (Wildman–Crippen LogP) is 16.6. The molecule has 0 radical (unpaired) electrons. The second-order valence-corrected chi connectivity index (χ2v) is 17.1. The average molecular weight is 807 g/mol. The molecule has 0 N–H and O–H groups in total. The van der Waals surface area contributed by atoms with E-state index in [1.807, 2.05) is 24.4 Å². The minimum atomic E-state index is -0.115. The molecule has 3 nitrogen and oxygen atoms in total. The molecule has 9 aromatic carbocycles. The zero-order valence-corrected chi connectivity index (χ0v) is 35.1.